The summed E-state index contributed by atoms with van der Waals surface area (Å²) in [6.07, 6.45) is 5.35. The van der Waals surface area contributed by atoms with Crippen LogP contribution in [0.15, 0.2) is 169 Å². The van der Waals surface area contributed by atoms with E-state index in [1.165, 1.54) is 22.3 Å². The van der Waals surface area contributed by atoms with Crippen molar-refractivity contribution in [2.24, 2.45) is 5.92 Å². The molecule has 0 N–H and O–H groups in total. The van der Waals surface area contributed by atoms with Crippen LogP contribution in [-0.4, -0.2) is 9.97 Å². The van der Waals surface area contributed by atoms with Gasteiger partial charge in [0.1, 0.15) is 11.5 Å². The molecule has 2 aliphatic rings. The molecule has 0 amide bonds. The van der Waals surface area contributed by atoms with E-state index in [1.807, 2.05) is 6.07 Å². The Labute approximate surface area is 274 Å². The molecule has 224 valence electrons. The fourth-order valence-electron chi connectivity index (χ4n) is 7.55. The first-order valence-corrected chi connectivity index (χ1v) is 16.3. The lowest BCUT2D eigenvalue weighted by atomic mass is 9.60. The van der Waals surface area contributed by atoms with Crippen molar-refractivity contribution in [1.82, 2.24) is 9.97 Å². The highest BCUT2D eigenvalue weighted by molar-refractivity contribution is 6.04. The van der Waals surface area contributed by atoms with Gasteiger partial charge in [0.2, 0.25) is 0 Å². The van der Waals surface area contributed by atoms with Crippen LogP contribution < -0.4 is 4.74 Å². The van der Waals surface area contributed by atoms with Crippen molar-refractivity contribution in [3.05, 3.63) is 186 Å². The molecule has 47 heavy (non-hydrogen) atoms. The zero-order chi connectivity index (χ0) is 31.4. The largest absolute Gasteiger partial charge is 0.457 e. The number of hydrogen-bond donors (Lipinski definition) is 0. The topological polar surface area (TPSA) is 35.0 Å². The Morgan fingerprint density at radius 2 is 1.19 bits per heavy atom. The van der Waals surface area contributed by atoms with Crippen molar-refractivity contribution >= 4 is 21.8 Å². The average Bonchev–Trinajstić information content (AvgIpc) is 3.14. The maximum absolute atomic E-state index is 6.60. The van der Waals surface area contributed by atoms with Gasteiger partial charge in [-0.1, -0.05) is 134 Å². The van der Waals surface area contributed by atoms with E-state index in [-0.39, 0.29) is 0 Å². The van der Waals surface area contributed by atoms with Crippen LogP contribution in [0.5, 0.6) is 5.75 Å². The molecule has 2 atom stereocenters. The minimum atomic E-state index is -0.518. The van der Waals surface area contributed by atoms with Crippen molar-refractivity contribution in [2.45, 2.75) is 18.8 Å². The molecular formula is C44H32N2O. The number of para-hydroxylation sites is 1. The lowest BCUT2D eigenvalue weighted by Crippen LogP contribution is -2.38. The van der Waals surface area contributed by atoms with Gasteiger partial charge in [-0.05, 0) is 59.4 Å². The fourth-order valence-corrected chi connectivity index (χ4v) is 7.55. The summed E-state index contributed by atoms with van der Waals surface area (Å²) >= 11 is 0. The molecule has 0 saturated heterocycles. The molecule has 0 saturated carbocycles. The van der Waals surface area contributed by atoms with Gasteiger partial charge in [-0.25, -0.2) is 9.97 Å². The first kappa shape index (κ1) is 27.5. The monoisotopic (exact) mass is 604 g/mol. The highest BCUT2D eigenvalue weighted by Crippen LogP contribution is 2.55. The number of nitrogens with zero attached hydrogens (tertiary/aromatic N) is 2. The van der Waals surface area contributed by atoms with Gasteiger partial charge in [0.25, 0.3) is 0 Å². The van der Waals surface area contributed by atoms with E-state index in [9.17, 15) is 0 Å². The molecule has 5 aromatic carbocycles. The molecule has 2 unspecified atom stereocenters. The number of fused-ring (bicyclic) bond motifs is 4. The Kier molecular flexibility index (Phi) is 6.39. The second kappa shape index (κ2) is 10.9. The number of aromatic nitrogens is 2. The summed E-state index contributed by atoms with van der Waals surface area (Å²) in [6, 6.07) is 51.6. The molecule has 0 spiro atoms. The van der Waals surface area contributed by atoms with E-state index >= 15 is 0 Å². The average molecular weight is 605 g/mol. The van der Waals surface area contributed by atoms with Gasteiger partial charge in [0.05, 0.1) is 27.8 Å². The maximum atomic E-state index is 6.60. The molecule has 3 heteroatoms. The lowest BCUT2D eigenvalue weighted by molar-refractivity contribution is 0.379. The standard InChI is InChI=1S/C44H32N2O/c1-29-19-26-41-37(27-29)44(34-14-6-3-7-15-34,36-17-8-9-18-40(36)47-41)35-16-10-13-33(28-35)39-25-23-32-21-20-31-22-24-38(30-11-4-2-5-12-30)45-42(31)43(32)46-39/h2-26,28-29H,27H2,1H3. The molecule has 1 aliphatic carbocycles. The van der Waals surface area contributed by atoms with Gasteiger partial charge < -0.3 is 4.74 Å². The zero-order valence-corrected chi connectivity index (χ0v) is 26.1. The van der Waals surface area contributed by atoms with E-state index in [1.54, 1.807) is 0 Å². The van der Waals surface area contributed by atoms with Crippen LogP contribution in [0.3, 0.4) is 0 Å². The van der Waals surface area contributed by atoms with E-state index in [0.717, 1.165) is 62.3 Å². The Hall–Kier alpha value is -5.80. The molecule has 2 aromatic heterocycles. The third-order valence-corrected chi connectivity index (χ3v) is 9.75. The summed E-state index contributed by atoms with van der Waals surface area (Å²) in [7, 11) is 0. The fraction of sp³-hybridized carbons (Fsp3) is 0.0909. The van der Waals surface area contributed by atoms with Crippen LogP contribution >= 0.6 is 0 Å². The predicted molar refractivity (Wildman–Crippen MR) is 191 cm³/mol. The predicted octanol–water partition coefficient (Wildman–Crippen LogP) is 10.7. The quantitative estimate of drug-likeness (QED) is 0.188. The summed E-state index contributed by atoms with van der Waals surface area (Å²) in [4.78, 5) is 10.5. The Bertz CT molecular complexity index is 2370. The smallest absolute Gasteiger partial charge is 0.132 e. The van der Waals surface area contributed by atoms with E-state index in [2.05, 4.69) is 159 Å². The minimum Gasteiger partial charge on any atom is -0.457 e. The first-order valence-electron chi connectivity index (χ1n) is 16.3. The number of rotatable bonds is 4. The van der Waals surface area contributed by atoms with Crippen molar-refractivity contribution in [3.63, 3.8) is 0 Å². The molecule has 0 bridgehead atoms. The Balaban J connectivity index is 1.26. The summed E-state index contributed by atoms with van der Waals surface area (Å²) in [5, 5.41) is 2.16. The van der Waals surface area contributed by atoms with Crippen molar-refractivity contribution in [2.75, 3.05) is 0 Å². The third-order valence-electron chi connectivity index (χ3n) is 9.75. The van der Waals surface area contributed by atoms with Crippen LogP contribution in [0.1, 0.15) is 30.0 Å². The SMILES string of the molecule is CC1C=CC2=C(C1)C(c1ccccc1)(c1cccc(-c3ccc4ccc5ccc(-c6ccccc6)nc5c4n3)c1)c1ccccc1O2. The van der Waals surface area contributed by atoms with Crippen LogP contribution in [0.25, 0.3) is 44.3 Å². The normalized spacial score (nSPS) is 18.5. The van der Waals surface area contributed by atoms with E-state index in [4.69, 9.17) is 14.7 Å². The number of hydrogen-bond acceptors (Lipinski definition) is 3. The van der Waals surface area contributed by atoms with Crippen molar-refractivity contribution < 1.29 is 4.74 Å². The van der Waals surface area contributed by atoms with Crippen LogP contribution in [0, 0.1) is 5.92 Å². The number of allylic oxidation sites excluding steroid dienone is 3. The Morgan fingerprint density at radius 3 is 1.94 bits per heavy atom. The van der Waals surface area contributed by atoms with Gasteiger partial charge in [0, 0.05) is 27.5 Å². The summed E-state index contributed by atoms with van der Waals surface area (Å²) in [5.41, 5.74) is 10.2. The van der Waals surface area contributed by atoms with Crippen LogP contribution in [0.2, 0.25) is 0 Å². The molecule has 0 radical (unpaired) electrons. The van der Waals surface area contributed by atoms with Crippen LogP contribution in [-0.2, 0) is 5.41 Å². The highest BCUT2D eigenvalue weighted by atomic mass is 16.5. The van der Waals surface area contributed by atoms with Crippen molar-refractivity contribution in [3.8, 4) is 28.3 Å². The minimum absolute atomic E-state index is 0.401. The second-order valence-electron chi connectivity index (χ2n) is 12.6. The van der Waals surface area contributed by atoms with Crippen molar-refractivity contribution in [1.29, 1.82) is 0 Å². The summed E-state index contributed by atoms with van der Waals surface area (Å²) in [5.74, 6) is 2.25. The van der Waals surface area contributed by atoms with E-state index < -0.39 is 5.41 Å². The number of pyridine rings is 2. The molecular weight excluding hydrogens is 572 g/mol. The molecule has 9 rings (SSSR count). The van der Waals surface area contributed by atoms with Gasteiger partial charge in [-0.3, -0.25) is 0 Å². The Morgan fingerprint density at radius 1 is 0.596 bits per heavy atom. The summed E-state index contributed by atoms with van der Waals surface area (Å²) < 4.78 is 6.60. The molecule has 7 aromatic rings. The first-order chi connectivity index (χ1) is 23.2. The van der Waals surface area contributed by atoms with Crippen LogP contribution in [0.4, 0.5) is 0 Å². The summed E-state index contributed by atoms with van der Waals surface area (Å²) in [6.45, 7) is 2.29. The molecule has 3 heterocycles. The third kappa shape index (κ3) is 4.42. The molecule has 0 fully saturated rings. The second-order valence-corrected chi connectivity index (χ2v) is 12.6. The number of benzene rings is 5. The molecule has 3 nitrogen and oxygen atoms in total. The van der Waals surface area contributed by atoms with Gasteiger partial charge >= 0.3 is 0 Å². The number of ether oxygens (including phenoxy) is 1. The zero-order valence-electron chi connectivity index (χ0n) is 26.1. The van der Waals surface area contributed by atoms with E-state index in [0.29, 0.717) is 5.92 Å². The molecule has 1 aliphatic heterocycles. The highest BCUT2D eigenvalue weighted by Gasteiger charge is 2.47. The van der Waals surface area contributed by atoms with Gasteiger partial charge in [-0.2, -0.15) is 0 Å². The van der Waals surface area contributed by atoms with Gasteiger partial charge in [-0.15, -0.1) is 0 Å². The van der Waals surface area contributed by atoms with Gasteiger partial charge in [0.15, 0.2) is 0 Å². The maximum Gasteiger partial charge on any atom is 0.132 e. The lowest BCUT2D eigenvalue weighted by Gasteiger charge is -2.44.